The fraction of sp³-hybridized carbons (Fsp3) is 0.633. The van der Waals surface area contributed by atoms with Crippen LogP contribution in [0.5, 0.6) is 5.75 Å². The van der Waals surface area contributed by atoms with Gasteiger partial charge in [0.1, 0.15) is 11.5 Å². The summed E-state index contributed by atoms with van der Waals surface area (Å²) in [6, 6.07) is 8.25. The van der Waals surface area contributed by atoms with Crippen LogP contribution in [0.2, 0.25) is 0 Å². The van der Waals surface area contributed by atoms with E-state index < -0.39 is 5.60 Å². The number of allylic oxidation sites excluding steroid dienone is 1. The van der Waals surface area contributed by atoms with Gasteiger partial charge >= 0.3 is 0 Å². The molecule has 1 heterocycles. The summed E-state index contributed by atoms with van der Waals surface area (Å²) >= 11 is 0. The number of carbonyl (C=O) groups is 1. The molecule has 0 aromatic heterocycles. The van der Waals surface area contributed by atoms with E-state index in [1.54, 1.807) is 7.11 Å². The molecule has 1 unspecified atom stereocenters. The number of aliphatic hydroxyl groups is 1. The molecular weight excluding hydrogens is 424 g/mol. The van der Waals surface area contributed by atoms with Crippen LogP contribution in [0, 0.1) is 22.7 Å². The van der Waals surface area contributed by atoms with Gasteiger partial charge in [-0.15, -0.1) is 0 Å². The third-order valence-corrected chi connectivity index (χ3v) is 10.8. The van der Waals surface area contributed by atoms with Crippen LogP contribution in [0.1, 0.15) is 70.3 Å². The summed E-state index contributed by atoms with van der Waals surface area (Å²) in [6.07, 6.45) is 10.6. The molecule has 34 heavy (non-hydrogen) atoms. The maximum absolute atomic E-state index is 12.6. The van der Waals surface area contributed by atoms with E-state index in [1.165, 1.54) is 16.7 Å². The van der Waals surface area contributed by atoms with Crippen molar-refractivity contribution in [3.05, 3.63) is 53.6 Å². The third-order valence-electron chi connectivity index (χ3n) is 10.8. The minimum Gasteiger partial charge on any atom is -0.497 e. The van der Waals surface area contributed by atoms with E-state index in [9.17, 15) is 9.90 Å². The molecule has 1 aliphatic heterocycles. The second kappa shape index (κ2) is 7.54. The number of methoxy groups -OCH3 is 1. The number of fused-ring (bicyclic) bond motifs is 6. The van der Waals surface area contributed by atoms with Gasteiger partial charge in [-0.2, -0.15) is 0 Å². The number of benzene rings is 1. The van der Waals surface area contributed by atoms with Gasteiger partial charge in [-0.05, 0) is 86.5 Å². The van der Waals surface area contributed by atoms with E-state index in [0.717, 1.165) is 57.3 Å². The van der Waals surface area contributed by atoms with Gasteiger partial charge in [-0.3, -0.25) is 4.79 Å². The fourth-order valence-electron chi connectivity index (χ4n) is 9.08. The number of hydrogen-bond donors (Lipinski definition) is 1. The Kier molecular flexibility index (Phi) is 5.00. The summed E-state index contributed by atoms with van der Waals surface area (Å²) in [4.78, 5) is 12.6. The fourth-order valence-corrected chi connectivity index (χ4v) is 9.08. The van der Waals surface area contributed by atoms with Crippen LogP contribution in [0.25, 0.3) is 0 Å². The zero-order chi connectivity index (χ0) is 23.8. The number of carbonyl (C=O) groups excluding carboxylic acids is 1. The van der Waals surface area contributed by atoms with Crippen molar-refractivity contribution < 1.29 is 19.4 Å². The van der Waals surface area contributed by atoms with E-state index in [4.69, 9.17) is 9.47 Å². The first-order valence-electron chi connectivity index (χ1n) is 13.2. The minimum atomic E-state index is -0.967. The molecule has 0 radical (unpaired) electrons. The van der Waals surface area contributed by atoms with Crippen molar-refractivity contribution in [1.82, 2.24) is 0 Å². The quantitative estimate of drug-likeness (QED) is 0.596. The Hall–Kier alpha value is -1.91. The second-order valence-electron chi connectivity index (χ2n) is 12.0. The normalized spacial score (nSPS) is 43.3. The summed E-state index contributed by atoms with van der Waals surface area (Å²) < 4.78 is 12.0. The predicted molar refractivity (Wildman–Crippen MR) is 132 cm³/mol. The average molecular weight is 463 g/mol. The van der Waals surface area contributed by atoms with Gasteiger partial charge in [-0.1, -0.05) is 37.3 Å². The van der Waals surface area contributed by atoms with Crippen molar-refractivity contribution in [3.63, 3.8) is 0 Å². The van der Waals surface area contributed by atoms with E-state index in [-0.39, 0.29) is 28.6 Å². The smallest absolute Gasteiger partial charge is 0.135 e. The van der Waals surface area contributed by atoms with Crippen molar-refractivity contribution in [2.75, 3.05) is 13.7 Å². The highest BCUT2D eigenvalue weighted by molar-refractivity contribution is 5.81. The van der Waals surface area contributed by atoms with Crippen LogP contribution >= 0.6 is 0 Å². The maximum atomic E-state index is 12.6. The van der Waals surface area contributed by atoms with E-state index in [2.05, 4.69) is 31.7 Å². The molecule has 4 nitrogen and oxygen atoms in total. The molecule has 0 bridgehead atoms. The summed E-state index contributed by atoms with van der Waals surface area (Å²) in [5, 5.41) is 12.2. The largest absolute Gasteiger partial charge is 0.497 e. The molecule has 1 spiro atoms. The van der Waals surface area contributed by atoms with Gasteiger partial charge in [0.2, 0.25) is 0 Å². The summed E-state index contributed by atoms with van der Waals surface area (Å²) in [7, 11) is 1.70. The van der Waals surface area contributed by atoms with E-state index >= 15 is 0 Å². The average Bonchev–Trinajstić information content (AvgIpc) is 3.35. The van der Waals surface area contributed by atoms with Crippen LogP contribution in [-0.4, -0.2) is 35.8 Å². The van der Waals surface area contributed by atoms with Crippen LogP contribution < -0.4 is 4.74 Å². The SMILES string of the molecule is C=C1CCO[C@@]12CC[C@H]1[C@@H]3CCC4(O)CC(=O)CC[C@]4(Cc4cccc(OC)c4)C3=CC[C@@]12C. The van der Waals surface area contributed by atoms with Crippen molar-refractivity contribution in [1.29, 1.82) is 0 Å². The van der Waals surface area contributed by atoms with Crippen LogP contribution in [0.3, 0.4) is 0 Å². The number of ketones is 1. The summed E-state index contributed by atoms with van der Waals surface area (Å²) in [5.74, 6) is 2.02. The van der Waals surface area contributed by atoms with Gasteiger partial charge in [0.25, 0.3) is 0 Å². The summed E-state index contributed by atoms with van der Waals surface area (Å²) in [6.45, 7) is 7.70. The van der Waals surface area contributed by atoms with Crippen LogP contribution in [-0.2, 0) is 16.0 Å². The molecule has 0 amide bonds. The van der Waals surface area contributed by atoms with Crippen molar-refractivity contribution >= 4 is 5.78 Å². The number of Topliss-reactive ketones (excluding diaryl/α,β-unsaturated/α-hetero) is 1. The highest BCUT2D eigenvalue weighted by atomic mass is 16.5. The second-order valence-corrected chi connectivity index (χ2v) is 12.0. The topological polar surface area (TPSA) is 55.8 Å². The first kappa shape index (κ1) is 22.5. The Morgan fingerprint density at radius 3 is 2.82 bits per heavy atom. The van der Waals surface area contributed by atoms with Gasteiger partial charge in [0, 0.05) is 23.7 Å². The first-order chi connectivity index (χ1) is 16.3. The molecule has 1 saturated heterocycles. The van der Waals surface area contributed by atoms with Gasteiger partial charge in [0.05, 0.1) is 24.9 Å². The Balaban J connectivity index is 1.45. The molecule has 1 aromatic rings. The van der Waals surface area contributed by atoms with Crippen molar-refractivity contribution in [2.24, 2.45) is 22.7 Å². The highest BCUT2D eigenvalue weighted by Crippen LogP contribution is 2.70. The number of rotatable bonds is 3. The standard InChI is InChI=1S/C30H38O4/c1-20-11-16-34-30(20)15-10-25-24-8-14-29(32)19-22(31)7-13-28(29,26(24)9-12-27(25,30)2)18-21-5-4-6-23(17-21)33-3/h4-6,9,17,24-25,32H,1,7-8,10-16,18-19H2,2-3H3/t24-,25-,27-,28-,29?,30-/m0/s1. The Morgan fingerprint density at radius 2 is 2.06 bits per heavy atom. The summed E-state index contributed by atoms with van der Waals surface area (Å²) in [5.41, 5.74) is 2.42. The lowest BCUT2D eigenvalue weighted by atomic mass is 9.45. The van der Waals surface area contributed by atoms with Gasteiger partial charge < -0.3 is 14.6 Å². The molecule has 4 fully saturated rings. The van der Waals surface area contributed by atoms with Gasteiger partial charge in [-0.25, -0.2) is 0 Å². The zero-order valence-corrected chi connectivity index (χ0v) is 20.7. The first-order valence-corrected chi connectivity index (χ1v) is 13.2. The monoisotopic (exact) mass is 462 g/mol. The zero-order valence-electron chi connectivity index (χ0n) is 20.7. The molecular formula is C30H38O4. The Morgan fingerprint density at radius 1 is 1.21 bits per heavy atom. The molecule has 4 aliphatic carbocycles. The van der Waals surface area contributed by atoms with E-state index in [1.807, 2.05) is 12.1 Å². The minimum absolute atomic E-state index is 0.0614. The maximum Gasteiger partial charge on any atom is 0.135 e. The van der Waals surface area contributed by atoms with Crippen molar-refractivity contribution in [2.45, 2.75) is 82.3 Å². The van der Waals surface area contributed by atoms with Gasteiger partial charge in [0.15, 0.2) is 0 Å². The molecule has 1 N–H and O–H groups in total. The third kappa shape index (κ3) is 2.82. The number of ether oxygens (including phenoxy) is 2. The van der Waals surface area contributed by atoms with Crippen molar-refractivity contribution in [3.8, 4) is 5.75 Å². The molecule has 182 valence electrons. The Labute approximate surface area is 203 Å². The lowest BCUT2D eigenvalue weighted by Crippen LogP contribution is -2.61. The Bertz CT molecular complexity index is 1070. The molecule has 4 heteroatoms. The molecule has 1 aromatic carbocycles. The van der Waals surface area contributed by atoms with Crippen LogP contribution in [0.15, 0.2) is 48.1 Å². The predicted octanol–water partition coefficient (Wildman–Crippen LogP) is 5.58. The molecule has 6 atom stereocenters. The molecule has 5 aliphatic rings. The lowest BCUT2D eigenvalue weighted by molar-refractivity contribution is -0.156. The van der Waals surface area contributed by atoms with E-state index in [0.29, 0.717) is 24.7 Å². The van der Waals surface area contributed by atoms with Crippen LogP contribution in [0.4, 0.5) is 0 Å². The highest BCUT2D eigenvalue weighted by Gasteiger charge is 2.67. The molecule has 6 rings (SSSR count). The lowest BCUT2D eigenvalue weighted by Gasteiger charge is -2.61. The molecule has 3 saturated carbocycles. The number of hydrogen-bond acceptors (Lipinski definition) is 4.